The first-order chi connectivity index (χ1) is 10.8. The van der Waals surface area contributed by atoms with Gasteiger partial charge in [0.05, 0.1) is 0 Å². The van der Waals surface area contributed by atoms with Crippen LogP contribution >= 0.6 is 7.26 Å². The molecule has 0 amide bonds. The second-order valence-corrected chi connectivity index (χ2v) is 9.57. The molecule has 3 aromatic rings. The molecule has 0 saturated heterocycles. The molecular formula is C21H21P. The Bertz CT molecular complexity index is 691. The molecule has 3 rings (SSSR count). The quantitative estimate of drug-likeness (QED) is 0.614. The summed E-state index contributed by atoms with van der Waals surface area (Å²) in [5, 5.41) is 2.88. The Morgan fingerprint density at radius 1 is 0.591 bits per heavy atom. The second kappa shape index (κ2) is 6.73. The third-order valence-electron chi connectivity index (χ3n) is 4.16. The summed E-state index contributed by atoms with van der Waals surface area (Å²) in [4.78, 5) is 0. The maximum absolute atomic E-state index is 2.44. The average Bonchev–Trinajstić information content (AvgIpc) is 2.62. The molecule has 110 valence electrons. The van der Waals surface area contributed by atoms with Crippen molar-refractivity contribution in [1.82, 2.24) is 0 Å². The minimum absolute atomic E-state index is 1.26. The zero-order valence-corrected chi connectivity index (χ0v) is 13.8. The molecule has 0 fully saturated rings. The van der Waals surface area contributed by atoms with E-state index in [9.17, 15) is 0 Å². The Morgan fingerprint density at radius 2 is 1.00 bits per heavy atom. The standard InChI is InChI=1S/C21H21P/c1-22(20-13-7-3-8-14-20,21-15-9-4-10-16-21)18-17-19-11-5-2-6-12-19/h2-18,22H,1H3. The van der Waals surface area contributed by atoms with E-state index >= 15 is 0 Å². The second-order valence-electron chi connectivity index (χ2n) is 5.68. The normalized spacial score (nSPS) is 12.4. The molecule has 0 unspecified atom stereocenters. The van der Waals surface area contributed by atoms with Crippen molar-refractivity contribution in [3.05, 3.63) is 102 Å². The van der Waals surface area contributed by atoms with Crippen LogP contribution in [-0.4, -0.2) is 6.66 Å². The minimum atomic E-state index is -1.86. The van der Waals surface area contributed by atoms with Gasteiger partial charge in [0.1, 0.15) is 0 Å². The van der Waals surface area contributed by atoms with Crippen LogP contribution in [0.3, 0.4) is 0 Å². The van der Waals surface area contributed by atoms with E-state index in [1.54, 1.807) is 0 Å². The van der Waals surface area contributed by atoms with E-state index in [0.717, 1.165) is 0 Å². The summed E-state index contributed by atoms with van der Waals surface area (Å²) in [6.45, 7) is 2.41. The van der Waals surface area contributed by atoms with Crippen LogP contribution in [0.15, 0.2) is 96.8 Å². The fraction of sp³-hybridized carbons (Fsp3) is 0.0476. The van der Waals surface area contributed by atoms with Crippen LogP contribution in [0, 0.1) is 0 Å². The summed E-state index contributed by atoms with van der Waals surface area (Å²) >= 11 is 0. The van der Waals surface area contributed by atoms with Gasteiger partial charge in [-0.25, -0.2) is 0 Å². The average molecular weight is 304 g/mol. The summed E-state index contributed by atoms with van der Waals surface area (Å²) in [6.07, 6.45) is 2.27. The molecular weight excluding hydrogens is 283 g/mol. The van der Waals surface area contributed by atoms with Crippen LogP contribution in [-0.2, 0) is 0 Å². The van der Waals surface area contributed by atoms with Crippen LogP contribution in [0.5, 0.6) is 0 Å². The van der Waals surface area contributed by atoms with E-state index in [-0.39, 0.29) is 0 Å². The summed E-state index contributed by atoms with van der Waals surface area (Å²) in [6, 6.07) is 32.3. The van der Waals surface area contributed by atoms with Crippen molar-refractivity contribution in [3.63, 3.8) is 0 Å². The zero-order valence-electron chi connectivity index (χ0n) is 12.8. The summed E-state index contributed by atoms with van der Waals surface area (Å²) in [5.74, 6) is 2.44. The summed E-state index contributed by atoms with van der Waals surface area (Å²) in [7, 11) is -1.86. The molecule has 22 heavy (non-hydrogen) atoms. The molecule has 0 radical (unpaired) electrons. The molecule has 3 aromatic carbocycles. The topological polar surface area (TPSA) is 0 Å². The molecule has 0 spiro atoms. The maximum atomic E-state index is 2.44. The predicted octanol–water partition coefficient (Wildman–Crippen LogP) is 4.69. The van der Waals surface area contributed by atoms with Gasteiger partial charge in [-0.2, -0.15) is 0 Å². The molecule has 0 aliphatic carbocycles. The van der Waals surface area contributed by atoms with E-state index in [1.807, 2.05) is 0 Å². The Balaban J connectivity index is 2.06. The first-order valence-corrected chi connectivity index (χ1v) is 10.2. The first-order valence-electron chi connectivity index (χ1n) is 7.64. The SMILES string of the molecule is C[PH](C=Cc1ccccc1)(c1ccccc1)c1ccccc1. The number of rotatable bonds is 4. The molecule has 0 aliphatic heterocycles. The van der Waals surface area contributed by atoms with Crippen molar-refractivity contribution < 1.29 is 0 Å². The van der Waals surface area contributed by atoms with Gasteiger partial charge in [0, 0.05) is 0 Å². The van der Waals surface area contributed by atoms with Gasteiger partial charge < -0.3 is 0 Å². The fourth-order valence-corrected chi connectivity index (χ4v) is 5.77. The predicted molar refractivity (Wildman–Crippen MR) is 102 cm³/mol. The van der Waals surface area contributed by atoms with Gasteiger partial charge in [0.15, 0.2) is 0 Å². The van der Waals surface area contributed by atoms with E-state index in [4.69, 9.17) is 0 Å². The Hall–Kier alpha value is -2.17. The molecule has 0 aromatic heterocycles. The number of benzene rings is 3. The molecule has 0 saturated carbocycles. The van der Waals surface area contributed by atoms with E-state index in [1.165, 1.54) is 16.2 Å². The Morgan fingerprint density at radius 3 is 1.45 bits per heavy atom. The summed E-state index contributed by atoms with van der Waals surface area (Å²) in [5.41, 5.74) is 1.26. The van der Waals surface area contributed by atoms with Crippen LogP contribution < -0.4 is 10.6 Å². The van der Waals surface area contributed by atoms with Crippen molar-refractivity contribution in [3.8, 4) is 0 Å². The van der Waals surface area contributed by atoms with E-state index < -0.39 is 7.26 Å². The van der Waals surface area contributed by atoms with Gasteiger partial charge in [0.25, 0.3) is 0 Å². The van der Waals surface area contributed by atoms with Gasteiger partial charge in [-0.1, -0.05) is 0 Å². The molecule has 0 nitrogen and oxygen atoms in total. The van der Waals surface area contributed by atoms with Gasteiger partial charge in [-0.3, -0.25) is 0 Å². The van der Waals surface area contributed by atoms with Crippen molar-refractivity contribution >= 4 is 23.9 Å². The van der Waals surface area contributed by atoms with Crippen LogP contribution in [0.4, 0.5) is 0 Å². The van der Waals surface area contributed by atoms with Crippen LogP contribution in [0.25, 0.3) is 6.08 Å². The third kappa shape index (κ3) is 3.18. The van der Waals surface area contributed by atoms with Crippen molar-refractivity contribution in [1.29, 1.82) is 0 Å². The monoisotopic (exact) mass is 304 g/mol. The van der Waals surface area contributed by atoms with Crippen molar-refractivity contribution in [2.45, 2.75) is 0 Å². The van der Waals surface area contributed by atoms with Crippen LogP contribution in [0.1, 0.15) is 5.56 Å². The Kier molecular flexibility index (Phi) is 4.51. The van der Waals surface area contributed by atoms with Gasteiger partial charge in [-0.05, 0) is 0 Å². The zero-order chi connectivity index (χ0) is 15.3. The molecule has 0 heterocycles. The van der Waals surface area contributed by atoms with E-state index in [0.29, 0.717) is 0 Å². The van der Waals surface area contributed by atoms with Gasteiger partial charge in [-0.15, -0.1) is 0 Å². The fourth-order valence-electron chi connectivity index (χ4n) is 2.75. The van der Waals surface area contributed by atoms with Gasteiger partial charge >= 0.3 is 133 Å². The van der Waals surface area contributed by atoms with Crippen molar-refractivity contribution in [2.24, 2.45) is 0 Å². The van der Waals surface area contributed by atoms with E-state index in [2.05, 4.69) is 110 Å². The Labute approximate surface area is 133 Å². The van der Waals surface area contributed by atoms with Gasteiger partial charge in [0.2, 0.25) is 0 Å². The number of hydrogen-bond donors (Lipinski definition) is 0. The van der Waals surface area contributed by atoms with Crippen molar-refractivity contribution in [2.75, 3.05) is 6.66 Å². The molecule has 0 bridgehead atoms. The van der Waals surface area contributed by atoms with Crippen LogP contribution in [0.2, 0.25) is 0 Å². The summed E-state index contributed by atoms with van der Waals surface area (Å²) < 4.78 is 0. The molecule has 0 aliphatic rings. The number of hydrogen-bond acceptors (Lipinski definition) is 0. The molecule has 1 heteroatoms. The third-order valence-corrected chi connectivity index (χ3v) is 8.05. The molecule has 0 N–H and O–H groups in total. The molecule has 0 atom stereocenters. The first kappa shape index (κ1) is 14.8.